The highest BCUT2D eigenvalue weighted by Crippen LogP contribution is 2.22. The molecule has 1 unspecified atom stereocenters. The van der Waals surface area contributed by atoms with E-state index in [0.29, 0.717) is 0 Å². The molecule has 0 spiro atoms. The highest BCUT2D eigenvalue weighted by Gasteiger charge is 2.25. The third-order valence-corrected chi connectivity index (χ3v) is 2.88. The van der Waals surface area contributed by atoms with Gasteiger partial charge in [0.1, 0.15) is 0 Å². The first-order valence-corrected chi connectivity index (χ1v) is 6.16. The molecule has 0 bridgehead atoms. The molecule has 0 aromatic heterocycles. The summed E-state index contributed by atoms with van der Waals surface area (Å²) >= 11 is 5.78. The van der Waals surface area contributed by atoms with Crippen molar-refractivity contribution in [1.29, 1.82) is 0 Å². The molecule has 0 aliphatic carbocycles. The summed E-state index contributed by atoms with van der Waals surface area (Å²) in [6.45, 7) is 0.963. The van der Waals surface area contributed by atoms with Gasteiger partial charge in [0.25, 0.3) is 11.6 Å². The van der Waals surface area contributed by atoms with Gasteiger partial charge >= 0.3 is 5.97 Å². The van der Waals surface area contributed by atoms with Gasteiger partial charge in [0, 0.05) is 18.7 Å². The number of aliphatic carboxylic acids is 1. The second kappa shape index (κ2) is 6.51. The third-order valence-electron chi connectivity index (χ3n) is 2.57. The highest BCUT2D eigenvalue weighted by molar-refractivity contribution is 6.34. The van der Waals surface area contributed by atoms with Crippen LogP contribution in [0.25, 0.3) is 0 Å². The van der Waals surface area contributed by atoms with Gasteiger partial charge in [0.05, 0.1) is 27.5 Å². The van der Waals surface area contributed by atoms with E-state index in [2.05, 4.69) is 5.32 Å². The van der Waals surface area contributed by atoms with Gasteiger partial charge in [-0.15, -0.1) is 0 Å². The van der Waals surface area contributed by atoms with Crippen molar-refractivity contribution in [2.75, 3.05) is 6.54 Å². The maximum absolute atomic E-state index is 11.9. The lowest BCUT2D eigenvalue weighted by atomic mass is 10.0. The monoisotopic (exact) mass is 316 g/mol. The lowest BCUT2D eigenvalue weighted by Gasteiger charge is -2.21. The molecule has 9 heteroatoms. The number of nitro benzene ring substituents is 1. The largest absolute Gasteiger partial charge is 0.481 e. The fourth-order valence-corrected chi connectivity index (χ4v) is 1.82. The standard InChI is InChI=1S/C12H13ClN2O6/c1-12(19,5-10(16)17)6-14-11(18)8-3-2-7(15(20)21)4-9(8)13/h2-4,19H,5-6H2,1H3,(H,14,18)(H,16,17). The summed E-state index contributed by atoms with van der Waals surface area (Å²) in [6.07, 6.45) is -0.540. The van der Waals surface area contributed by atoms with Gasteiger partial charge < -0.3 is 15.5 Å². The molecule has 0 saturated carbocycles. The van der Waals surface area contributed by atoms with E-state index in [-0.39, 0.29) is 22.8 Å². The van der Waals surface area contributed by atoms with Crippen LogP contribution < -0.4 is 5.32 Å². The maximum atomic E-state index is 11.9. The topological polar surface area (TPSA) is 130 Å². The number of rotatable bonds is 6. The normalized spacial score (nSPS) is 13.3. The van der Waals surface area contributed by atoms with E-state index in [1.807, 2.05) is 0 Å². The van der Waals surface area contributed by atoms with Crippen LogP contribution in [0.15, 0.2) is 18.2 Å². The molecule has 1 rings (SSSR count). The minimum absolute atomic E-state index is 0.00612. The smallest absolute Gasteiger partial charge is 0.306 e. The summed E-state index contributed by atoms with van der Waals surface area (Å²) in [7, 11) is 0. The summed E-state index contributed by atoms with van der Waals surface area (Å²) in [5.41, 5.74) is -1.88. The minimum atomic E-state index is -1.62. The number of aliphatic hydroxyl groups is 1. The Morgan fingerprint density at radius 1 is 1.48 bits per heavy atom. The number of hydrogen-bond donors (Lipinski definition) is 3. The van der Waals surface area contributed by atoms with Gasteiger partial charge in [-0.3, -0.25) is 19.7 Å². The molecule has 3 N–H and O–H groups in total. The van der Waals surface area contributed by atoms with E-state index in [4.69, 9.17) is 16.7 Å². The van der Waals surface area contributed by atoms with Crippen LogP contribution in [0.1, 0.15) is 23.7 Å². The number of carboxylic acid groups (broad SMARTS) is 1. The van der Waals surface area contributed by atoms with Gasteiger partial charge in [-0.2, -0.15) is 0 Å². The number of halogens is 1. The minimum Gasteiger partial charge on any atom is -0.481 e. The summed E-state index contributed by atoms with van der Waals surface area (Å²) in [5.74, 6) is -1.87. The molecule has 0 aliphatic rings. The second-order valence-electron chi connectivity index (χ2n) is 4.67. The molecular weight excluding hydrogens is 304 g/mol. The van der Waals surface area contributed by atoms with Gasteiger partial charge in [-0.25, -0.2) is 0 Å². The van der Waals surface area contributed by atoms with E-state index in [1.54, 1.807) is 0 Å². The molecule has 0 heterocycles. The molecule has 0 radical (unpaired) electrons. The van der Waals surface area contributed by atoms with Gasteiger partial charge in [0.15, 0.2) is 0 Å². The van der Waals surface area contributed by atoms with Crippen molar-refractivity contribution < 1.29 is 24.7 Å². The van der Waals surface area contributed by atoms with Crippen molar-refractivity contribution in [1.82, 2.24) is 5.32 Å². The Kier molecular flexibility index (Phi) is 5.23. The van der Waals surface area contributed by atoms with Crippen LogP contribution in [0, 0.1) is 10.1 Å². The summed E-state index contributed by atoms with van der Waals surface area (Å²) in [4.78, 5) is 32.3. The first-order valence-electron chi connectivity index (χ1n) is 5.79. The van der Waals surface area contributed by atoms with Crippen LogP contribution >= 0.6 is 11.6 Å². The van der Waals surface area contributed by atoms with Gasteiger partial charge in [0.2, 0.25) is 0 Å². The molecule has 1 aromatic carbocycles. The number of non-ortho nitro benzene ring substituents is 1. The predicted molar refractivity (Wildman–Crippen MR) is 73.3 cm³/mol. The molecule has 8 nitrogen and oxygen atoms in total. The quantitative estimate of drug-likeness (QED) is 0.534. The van der Waals surface area contributed by atoms with Gasteiger partial charge in [-0.1, -0.05) is 11.6 Å². The summed E-state index contributed by atoms with van der Waals surface area (Å²) in [6, 6.07) is 3.34. The Bertz CT molecular complexity index is 587. The Morgan fingerprint density at radius 3 is 2.57 bits per heavy atom. The number of carboxylic acids is 1. The molecule has 1 amide bonds. The van der Waals surface area contributed by atoms with Crippen molar-refractivity contribution in [2.45, 2.75) is 18.9 Å². The Balaban J connectivity index is 2.77. The zero-order valence-electron chi connectivity index (χ0n) is 11.0. The molecule has 0 saturated heterocycles. The summed E-state index contributed by atoms with van der Waals surface area (Å²) in [5, 5.41) is 31.1. The van der Waals surface area contributed by atoms with Crippen LogP contribution in [-0.2, 0) is 4.79 Å². The highest BCUT2D eigenvalue weighted by atomic mass is 35.5. The van der Waals surface area contributed by atoms with Crippen molar-refractivity contribution in [3.8, 4) is 0 Å². The fraction of sp³-hybridized carbons (Fsp3) is 0.333. The predicted octanol–water partition coefficient (Wildman–Crippen LogP) is 1.20. The Labute approximate surface area is 124 Å². The van der Waals surface area contributed by atoms with E-state index >= 15 is 0 Å². The number of benzene rings is 1. The number of nitrogens with zero attached hydrogens (tertiary/aromatic N) is 1. The SMILES string of the molecule is CC(O)(CNC(=O)c1ccc([N+](=O)[O-])cc1Cl)CC(=O)O. The van der Waals surface area contributed by atoms with Crippen molar-refractivity contribution in [3.63, 3.8) is 0 Å². The second-order valence-corrected chi connectivity index (χ2v) is 5.08. The molecular formula is C12H13ClN2O6. The number of carbonyl (C=O) groups is 2. The van der Waals surface area contributed by atoms with Crippen LogP contribution in [0.3, 0.4) is 0 Å². The first kappa shape index (κ1) is 16.9. The molecule has 114 valence electrons. The fourth-order valence-electron chi connectivity index (χ4n) is 1.56. The zero-order valence-corrected chi connectivity index (χ0v) is 11.8. The lowest BCUT2D eigenvalue weighted by molar-refractivity contribution is -0.384. The van der Waals surface area contributed by atoms with Crippen molar-refractivity contribution in [3.05, 3.63) is 38.9 Å². The molecule has 1 atom stereocenters. The molecule has 1 aromatic rings. The average molecular weight is 317 g/mol. The van der Waals surface area contributed by atoms with E-state index in [1.165, 1.54) is 13.0 Å². The van der Waals surface area contributed by atoms with E-state index in [0.717, 1.165) is 12.1 Å². The number of hydrogen-bond acceptors (Lipinski definition) is 5. The van der Waals surface area contributed by atoms with E-state index < -0.39 is 28.8 Å². The number of carbonyl (C=O) groups excluding carboxylic acids is 1. The number of nitro groups is 1. The van der Waals surface area contributed by atoms with Gasteiger partial charge in [-0.05, 0) is 13.0 Å². The molecule has 0 fully saturated rings. The number of nitrogens with one attached hydrogen (secondary N) is 1. The van der Waals surface area contributed by atoms with Crippen LogP contribution in [0.5, 0.6) is 0 Å². The molecule has 21 heavy (non-hydrogen) atoms. The van der Waals surface area contributed by atoms with Crippen LogP contribution in [0.4, 0.5) is 5.69 Å². The summed E-state index contributed by atoms with van der Waals surface area (Å²) < 4.78 is 0. The van der Waals surface area contributed by atoms with Crippen LogP contribution in [0.2, 0.25) is 5.02 Å². The Morgan fingerprint density at radius 2 is 2.10 bits per heavy atom. The molecule has 0 aliphatic heterocycles. The van der Waals surface area contributed by atoms with Crippen LogP contribution in [-0.4, -0.2) is 39.2 Å². The lowest BCUT2D eigenvalue weighted by Crippen LogP contribution is -2.42. The third kappa shape index (κ3) is 5.01. The Hall–Kier alpha value is -2.19. The maximum Gasteiger partial charge on any atom is 0.306 e. The van der Waals surface area contributed by atoms with Crippen molar-refractivity contribution in [2.24, 2.45) is 0 Å². The van der Waals surface area contributed by atoms with Crippen molar-refractivity contribution >= 4 is 29.2 Å². The average Bonchev–Trinajstić information content (AvgIpc) is 2.34. The first-order chi connectivity index (χ1) is 9.62. The zero-order chi connectivity index (χ0) is 16.2. The number of amides is 1. The van der Waals surface area contributed by atoms with E-state index in [9.17, 15) is 24.8 Å².